The van der Waals surface area contributed by atoms with Crippen molar-refractivity contribution < 1.29 is 0 Å². The number of benzene rings is 3. The molecule has 0 amide bonds. The van der Waals surface area contributed by atoms with Gasteiger partial charge in [0.1, 0.15) is 0 Å². The molecule has 0 fully saturated rings. The molecular weight excluding hydrogens is 386 g/mol. The zero-order chi connectivity index (χ0) is 18.5. The zero-order valence-corrected chi connectivity index (χ0v) is 16.7. The molecule has 0 aliphatic heterocycles. The summed E-state index contributed by atoms with van der Waals surface area (Å²) >= 11 is 3.58. The predicted molar refractivity (Wildman–Crippen MR) is 113 cm³/mol. The summed E-state index contributed by atoms with van der Waals surface area (Å²) < 4.78 is 2.87. The van der Waals surface area contributed by atoms with Crippen LogP contribution in [0.2, 0.25) is 0 Å². The van der Waals surface area contributed by atoms with E-state index >= 15 is 0 Å². The monoisotopic (exact) mass is 405 g/mol. The molecule has 0 aliphatic carbocycles. The van der Waals surface area contributed by atoms with Crippen molar-refractivity contribution in [1.82, 2.24) is 4.57 Å². The second kappa shape index (κ2) is 6.10. The molecule has 0 atom stereocenters. The van der Waals surface area contributed by atoms with Crippen LogP contribution in [0.1, 0.15) is 26.3 Å². The maximum atomic E-state index is 13.5. The number of aromatic nitrogens is 1. The largest absolute Gasteiger partial charge is 0.276 e. The molecule has 130 valence electrons. The number of hydrogen-bond donors (Lipinski definition) is 0. The zero-order valence-electron chi connectivity index (χ0n) is 15.1. The Morgan fingerprint density at radius 2 is 1.46 bits per heavy atom. The Morgan fingerprint density at radius 3 is 2.19 bits per heavy atom. The predicted octanol–water partition coefficient (Wildman–Crippen LogP) is 6.20. The van der Waals surface area contributed by atoms with E-state index in [-0.39, 0.29) is 11.0 Å². The van der Waals surface area contributed by atoms with Gasteiger partial charge in [-0.1, -0.05) is 73.1 Å². The second-order valence-corrected chi connectivity index (χ2v) is 8.53. The van der Waals surface area contributed by atoms with E-state index in [0.29, 0.717) is 0 Å². The molecule has 3 aromatic carbocycles. The minimum Gasteiger partial charge on any atom is -0.276 e. The molecule has 0 spiro atoms. The lowest BCUT2D eigenvalue weighted by atomic mass is 9.85. The highest BCUT2D eigenvalue weighted by Crippen LogP contribution is 2.32. The fraction of sp³-hybridized carbons (Fsp3) is 0.174. The highest BCUT2D eigenvalue weighted by Gasteiger charge is 2.21. The highest BCUT2D eigenvalue weighted by atomic mass is 79.9. The van der Waals surface area contributed by atoms with Gasteiger partial charge in [-0.05, 0) is 46.7 Å². The average Bonchev–Trinajstić information content (AvgIpc) is 2.62. The molecule has 0 saturated carbocycles. The number of nitrogens with zero attached hydrogens (tertiary/aromatic N) is 1. The van der Waals surface area contributed by atoms with Crippen LogP contribution in [0.5, 0.6) is 0 Å². The lowest BCUT2D eigenvalue weighted by Gasteiger charge is -2.24. The van der Waals surface area contributed by atoms with Gasteiger partial charge in [-0.2, -0.15) is 0 Å². The third-order valence-corrected chi connectivity index (χ3v) is 5.30. The van der Waals surface area contributed by atoms with E-state index in [1.54, 1.807) is 0 Å². The Kier molecular flexibility index (Phi) is 4.00. The molecule has 0 radical (unpaired) electrons. The Morgan fingerprint density at radius 1 is 0.808 bits per heavy atom. The van der Waals surface area contributed by atoms with Crippen molar-refractivity contribution in [3.63, 3.8) is 0 Å². The van der Waals surface area contributed by atoms with E-state index in [2.05, 4.69) is 48.8 Å². The molecule has 2 nitrogen and oxygen atoms in total. The number of para-hydroxylation sites is 1. The van der Waals surface area contributed by atoms with Crippen molar-refractivity contribution in [2.24, 2.45) is 0 Å². The topological polar surface area (TPSA) is 22.0 Å². The molecule has 0 bridgehead atoms. The van der Waals surface area contributed by atoms with E-state index in [1.807, 2.05) is 59.2 Å². The Bertz CT molecular complexity index is 1200. The van der Waals surface area contributed by atoms with Crippen molar-refractivity contribution >= 4 is 37.6 Å². The van der Waals surface area contributed by atoms with Crippen molar-refractivity contribution in [3.05, 3.63) is 87.1 Å². The van der Waals surface area contributed by atoms with Crippen LogP contribution < -0.4 is 5.56 Å². The third kappa shape index (κ3) is 2.67. The maximum Gasteiger partial charge on any atom is 0.263 e. The average molecular weight is 406 g/mol. The first-order chi connectivity index (χ1) is 12.4. The van der Waals surface area contributed by atoms with Crippen LogP contribution in [0.25, 0.3) is 27.4 Å². The number of hydrogen-bond acceptors (Lipinski definition) is 1. The maximum absolute atomic E-state index is 13.5. The number of halogens is 1. The van der Waals surface area contributed by atoms with Crippen molar-refractivity contribution in [2.45, 2.75) is 26.2 Å². The summed E-state index contributed by atoms with van der Waals surface area (Å²) in [5.74, 6) is 0. The first-order valence-electron chi connectivity index (χ1n) is 8.71. The minimum atomic E-state index is -0.0661. The first kappa shape index (κ1) is 17.0. The summed E-state index contributed by atoms with van der Waals surface area (Å²) in [4.78, 5) is 13.5. The molecule has 0 aliphatic rings. The Hall–Kier alpha value is -2.39. The minimum absolute atomic E-state index is 0.0205. The van der Waals surface area contributed by atoms with E-state index < -0.39 is 0 Å². The molecule has 1 aromatic heterocycles. The van der Waals surface area contributed by atoms with Gasteiger partial charge in [-0.25, -0.2) is 0 Å². The van der Waals surface area contributed by atoms with Gasteiger partial charge in [0.05, 0.1) is 11.2 Å². The standard InChI is InChI=1S/C23H20BrNO/c1-23(2,3)19-10-6-7-11-21(19)25-20-13-12-15(24)14-18(20)16-8-4-5-9-17(16)22(25)26/h4-14H,1-3H3. The van der Waals surface area contributed by atoms with Crippen molar-refractivity contribution in [2.75, 3.05) is 0 Å². The highest BCUT2D eigenvalue weighted by molar-refractivity contribution is 9.10. The Labute approximate surface area is 161 Å². The summed E-state index contributed by atoms with van der Waals surface area (Å²) in [6, 6.07) is 22.1. The van der Waals surface area contributed by atoms with E-state index in [0.717, 1.165) is 37.4 Å². The summed E-state index contributed by atoms with van der Waals surface area (Å²) in [7, 11) is 0. The molecule has 0 saturated heterocycles. The second-order valence-electron chi connectivity index (χ2n) is 7.61. The van der Waals surface area contributed by atoms with E-state index in [4.69, 9.17) is 0 Å². The molecule has 1 heterocycles. The van der Waals surface area contributed by atoms with Crippen LogP contribution in [0, 0.1) is 0 Å². The fourth-order valence-corrected chi connectivity index (χ4v) is 3.96. The molecular formula is C23H20BrNO. The molecule has 0 unspecified atom stereocenters. The van der Waals surface area contributed by atoms with Gasteiger partial charge in [0.25, 0.3) is 5.56 Å². The first-order valence-corrected chi connectivity index (χ1v) is 9.50. The van der Waals surface area contributed by atoms with Crippen LogP contribution in [0.4, 0.5) is 0 Å². The Balaban J connectivity index is 2.25. The van der Waals surface area contributed by atoms with E-state index in [9.17, 15) is 4.79 Å². The number of fused-ring (bicyclic) bond motifs is 3. The number of rotatable bonds is 1. The fourth-order valence-electron chi connectivity index (χ4n) is 3.60. The van der Waals surface area contributed by atoms with Gasteiger partial charge < -0.3 is 0 Å². The quantitative estimate of drug-likeness (QED) is 0.345. The van der Waals surface area contributed by atoms with Gasteiger partial charge >= 0.3 is 0 Å². The summed E-state index contributed by atoms with van der Waals surface area (Å²) in [5.41, 5.74) is 2.98. The molecule has 26 heavy (non-hydrogen) atoms. The van der Waals surface area contributed by atoms with Gasteiger partial charge in [0.2, 0.25) is 0 Å². The van der Waals surface area contributed by atoms with Gasteiger partial charge in [-0.3, -0.25) is 9.36 Å². The molecule has 3 heteroatoms. The number of pyridine rings is 1. The van der Waals surface area contributed by atoms with Gasteiger partial charge in [-0.15, -0.1) is 0 Å². The summed E-state index contributed by atoms with van der Waals surface area (Å²) in [5, 5.41) is 2.79. The molecule has 4 rings (SSSR count). The smallest absolute Gasteiger partial charge is 0.263 e. The summed E-state index contributed by atoms with van der Waals surface area (Å²) in [6.45, 7) is 6.53. The van der Waals surface area contributed by atoms with Gasteiger partial charge in [0.15, 0.2) is 0 Å². The van der Waals surface area contributed by atoms with Crippen molar-refractivity contribution in [3.8, 4) is 5.69 Å². The van der Waals surface area contributed by atoms with Crippen LogP contribution in [0.15, 0.2) is 76.0 Å². The van der Waals surface area contributed by atoms with Crippen LogP contribution in [0.3, 0.4) is 0 Å². The molecule has 0 N–H and O–H groups in total. The van der Waals surface area contributed by atoms with E-state index in [1.165, 1.54) is 0 Å². The third-order valence-electron chi connectivity index (χ3n) is 4.80. The molecule has 4 aromatic rings. The van der Waals surface area contributed by atoms with Crippen molar-refractivity contribution in [1.29, 1.82) is 0 Å². The van der Waals surface area contributed by atoms with Crippen LogP contribution in [-0.2, 0) is 5.41 Å². The lowest BCUT2D eigenvalue weighted by Crippen LogP contribution is -2.23. The lowest BCUT2D eigenvalue weighted by molar-refractivity contribution is 0.586. The SMILES string of the molecule is CC(C)(C)c1ccccc1-n1c(=O)c2ccccc2c2cc(Br)ccc21. The van der Waals surface area contributed by atoms with Crippen LogP contribution in [-0.4, -0.2) is 4.57 Å². The normalized spacial score (nSPS) is 12.0. The summed E-state index contributed by atoms with van der Waals surface area (Å²) in [6.07, 6.45) is 0. The van der Waals surface area contributed by atoms with Gasteiger partial charge in [0, 0.05) is 15.2 Å². The van der Waals surface area contributed by atoms with Crippen LogP contribution >= 0.6 is 15.9 Å².